The Labute approximate surface area is 125 Å². The summed E-state index contributed by atoms with van der Waals surface area (Å²) in [7, 11) is -1.26. The second-order valence-electron chi connectivity index (χ2n) is 6.92. The average molecular weight is 305 g/mol. The number of likely N-dealkylation sites (N-methyl/N-ethyl adjacent to an activating group) is 1. The van der Waals surface area contributed by atoms with Crippen molar-refractivity contribution in [2.75, 3.05) is 46.3 Å². The van der Waals surface area contributed by atoms with E-state index in [1.165, 1.54) is 0 Å². The van der Waals surface area contributed by atoms with Gasteiger partial charge >= 0.3 is 0 Å². The summed E-state index contributed by atoms with van der Waals surface area (Å²) in [4.78, 5) is 2.17. The molecule has 0 spiro atoms. The molecule has 1 aliphatic heterocycles. The second kappa shape index (κ2) is 7.20. The molecule has 0 aromatic rings. The van der Waals surface area contributed by atoms with Gasteiger partial charge in [0, 0.05) is 39.3 Å². The summed E-state index contributed by atoms with van der Waals surface area (Å²) in [6.45, 7) is 12.6. The van der Waals surface area contributed by atoms with Crippen molar-refractivity contribution in [2.24, 2.45) is 5.41 Å². The van der Waals surface area contributed by atoms with Crippen LogP contribution in [-0.4, -0.2) is 68.2 Å². The van der Waals surface area contributed by atoms with Crippen molar-refractivity contribution in [2.45, 2.75) is 40.5 Å². The van der Waals surface area contributed by atoms with Crippen LogP contribution in [0.2, 0.25) is 0 Å². The first-order chi connectivity index (χ1) is 9.16. The molecule has 0 aliphatic carbocycles. The molecule has 0 aromatic heterocycles. The van der Waals surface area contributed by atoms with E-state index >= 15 is 0 Å². The molecule has 0 amide bonds. The number of rotatable bonds is 6. The monoisotopic (exact) mass is 305 g/mol. The molecule has 120 valence electrons. The molecule has 1 aliphatic rings. The summed E-state index contributed by atoms with van der Waals surface area (Å²) >= 11 is 0. The Morgan fingerprint density at radius 1 is 1.05 bits per heavy atom. The third kappa shape index (κ3) is 5.31. The molecule has 5 nitrogen and oxygen atoms in total. The molecular formula is C14H31N3O2S. The zero-order valence-electron chi connectivity index (χ0n) is 13.7. The highest BCUT2D eigenvalue weighted by Crippen LogP contribution is 2.21. The minimum Gasteiger partial charge on any atom is -0.304 e. The molecule has 0 bridgehead atoms. The van der Waals surface area contributed by atoms with Crippen molar-refractivity contribution in [1.29, 1.82) is 0 Å². The molecule has 0 N–H and O–H groups in total. The van der Waals surface area contributed by atoms with Crippen molar-refractivity contribution >= 4 is 10.2 Å². The maximum absolute atomic E-state index is 12.7. The topological polar surface area (TPSA) is 43.9 Å². The molecule has 0 unspecified atom stereocenters. The van der Waals surface area contributed by atoms with E-state index in [-0.39, 0.29) is 5.41 Å². The van der Waals surface area contributed by atoms with Gasteiger partial charge in [0.25, 0.3) is 10.2 Å². The van der Waals surface area contributed by atoms with Gasteiger partial charge in [-0.05, 0) is 25.3 Å². The van der Waals surface area contributed by atoms with Crippen LogP contribution in [0.3, 0.4) is 0 Å². The lowest BCUT2D eigenvalue weighted by Crippen LogP contribution is -2.52. The van der Waals surface area contributed by atoms with Crippen LogP contribution in [0.25, 0.3) is 0 Å². The maximum atomic E-state index is 12.7. The Balaban J connectivity index is 2.72. The van der Waals surface area contributed by atoms with Gasteiger partial charge in [0.2, 0.25) is 0 Å². The third-order valence-corrected chi connectivity index (χ3v) is 5.73. The number of piperazine rings is 1. The first-order valence-electron chi connectivity index (χ1n) is 7.60. The molecule has 1 saturated heterocycles. The van der Waals surface area contributed by atoms with Crippen LogP contribution in [0.4, 0.5) is 0 Å². The molecule has 0 atom stereocenters. The van der Waals surface area contributed by atoms with Gasteiger partial charge in [-0.3, -0.25) is 0 Å². The average Bonchev–Trinajstić information content (AvgIpc) is 2.33. The van der Waals surface area contributed by atoms with Gasteiger partial charge in [-0.2, -0.15) is 17.0 Å². The fourth-order valence-corrected chi connectivity index (χ4v) is 3.92. The summed E-state index contributed by atoms with van der Waals surface area (Å²) in [5.74, 6) is 0. The van der Waals surface area contributed by atoms with Crippen molar-refractivity contribution < 1.29 is 8.42 Å². The van der Waals surface area contributed by atoms with Crippen molar-refractivity contribution in [3.8, 4) is 0 Å². The predicted molar refractivity (Wildman–Crippen MR) is 83.9 cm³/mol. The van der Waals surface area contributed by atoms with Crippen molar-refractivity contribution in [3.05, 3.63) is 0 Å². The molecule has 1 rings (SSSR count). The van der Waals surface area contributed by atoms with E-state index in [1.54, 1.807) is 8.61 Å². The molecule has 1 fully saturated rings. The van der Waals surface area contributed by atoms with E-state index in [9.17, 15) is 8.42 Å². The largest absolute Gasteiger partial charge is 0.304 e. The molecule has 20 heavy (non-hydrogen) atoms. The Kier molecular flexibility index (Phi) is 6.44. The Morgan fingerprint density at radius 2 is 1.60 bits per heavy atom. The van der Waals surface area contributed by atoms with E-state index in [0.29, 0.717) is 26.2 Å². The zero-order valence-corrected chi connectivity index (χ0v) is 14.5. The van der Waals surface area contributed by atoms with Crippen LogP contribution >= 0.6 is 0 Å². The van der Waals surface area contributed by atoms with Gasteiger partial charge in [-0.25, -0.2) is 0 Å². The zero-order chi connectivity index (χ0) is 15.4. The Hall–Kier alpha value is -0.170. The maximum Gasteiger partial charge on any atom is 0.282 e. The first-order valence-corrected chi connectivity index (χ1v) is 9.00. The van der Waals surface area contributed by atoms with Crippen LogP contribution in [0.1, 0.15) is 40.5 Å². The Morgan fingerprint density at radius 3 is 2.05 bits per heavy atom. The van der Waals surface area contributed by atoms with Crippen LogP contribution in [0, 0.1) is 5.41 Å². The van der Waals surface area contributed by atoms with E-state index in [1.807, 2.05) is 14.0 Å². The van der Waals surface area contributed by atoms with E-state index in [2.05, 4.69) is 25.7 Å². The number of hydrogen-bond donors (Lipinski definition) is 0. The highest BCUT2D eigenvalue weighted by molar-refractivity contribution is 7.86. The van der Waals surface area contributed by atoms with Gasteiger partial charge in [0.15, 0.2) is 0 Å². The summed E-state index contributed by atoms with van der Waals surface area (Å²) in [5.41, 5.74) is 0.156. The van der Waals surface area contributed by atoms with Gasteiger partial charge in [0.1, 0.15) is 0 Å². The highest BCUT2D eigenvalue weighted by Gasteiger charge is 2.31. The lowest BCUT2D eigenvalue weighted by Gasteiger charge is -2.36. The van der Waals surface area contributed by atoms with Gasteiger partial charge in [-0.1, -0.05) is 27.7 Å². The van der Waals surface area contributed by atoms with Crippen molar-refractivity contribution in [1.82, 2.24) is 13.5 Å². The summed E-state index contributed by atoms with van der Waals surface area (Å²) < 4.78 is 28.8. The van der Waals surface area contributed by atoms with Gasteiger partial charge in [0.05, 0.1) is 0 Å². The molecule has 6 heteroatoms. The highest BCUT2D eigenvalue weighted by atomic mass is 32.2. The Bertz CT molecular complexity index is 382. The fraction of sp³-hybridized carbons (Fsp3) is 1.00. The van der Waals surface area contributed by atoms with Crippen molar-refractivity contribution in [3.63, 3.8) is 0 Å². The van der Waals surface area contributed by atoms with Gasteiger partial charge in [-0.15, -0.1) is 0 Å². The first kappa shape index (κ1) is 17.9. The molecule has 0 aromatic carbocycles. The third-order valence-electron chi connectivity index (χ3n) is 3.70. The predicted octanol–water partition coefficient (Wildman–Crippen LogP) is 1.63. The lowest BCUT2D eigenvalue weighted by atomic mass is 9.92. The van der Waals surface area contributed by atoms with Crippen LogP contribution in [-0.2, 0) is 10.2 Å². The van der Waals surface area contributed by atoms with E-state index in [0.717, 1.165) is 25.9 Å². The molecule has 0 radical (unpaired) electrons. The summed E-state index contributed by atoms with van der Waals surface area (Å²) in [6.07, 6.45) is 1.75. The van der Waals surface area contributed by atoms with Crippen LogP contribution < -0.4 is 0 Å². The minimum absolute atomic E-state index is 0.156. The lowest BCUT2D eigenvalue weighted by molar-refractivity contribution is 0.208. The smallest absolute Gasteiger partial charge is 0.282 e. The standard InChI is InChI=1S/C14H31N3O2S/c1-6-8-16(9-7-14(2,3)4)20(18,19)17-12-10-15(5)11-13-17/h6-13H2,1-5H3. The minimum atomic E-state index is -3.29. The summed E-state index contributed by atoms with van der Waals surface area (Å²) in [5, 5.41) is 0. The number of nitrogens with zero attached hydrogens (tertiary/aromatic N) is 3. The normalized spacial score (nSPS) is 19.7. The quantitative estimate of drug-likeness (QED) is 0.749. The summed E-state index contributed by atoms with van der Waals surface area (Å²) in [6, 6.07) is 0. The van der Waals surface area contributed by atoms with E-state index < -0.39 is 10.2 Å². The molecule has 1 heterocycles. The molecule has 0 saturated carbocycles. The molecular weight excluding hydrogens is 274 g/mol. The van der Waals surface area contributed by atoms with E-state index in [4.69, 9.17) is 0 Å². The second-order valence-corrected chi connectivity index (χ2v) is 8.85. The SMILES string of the molecule is CCCN(CCC(C)(C)C)S(=O)(=O)N1CCN(C)CC1. The fourth-order valence-electron chi connectivity index (χ4n) is 2.23. The van der Waals surface area contributed by atoms with Crippen LogP contribution in [0.15, 0.2) is 0 Å². The van der Waals surface area contributed by atoms with Gasteiger partial charge < -0.3 is 4.90 Å². The number of hydrogen-bond acceptors (Lipinski definition) is 3. The van der Waals surface area contributed by atoms with Crippen LogP contribution in [0.5, 0.6) is 0 Å².